The van der Waals surface area contributed by atoms with Gasteiger partial charge in [0.25, 0.3) is 0 Å². The van der Waals surface area contributed by atoms with Crippen molar-refractivity contribution in [3.63, 3.8) is 0 Å². The number of amides is 1. The van der Waals surface area contributed by atoms with E-state index in [9.17, 15) is 15.0 Å². The zero-order valence-corrected chi connectivity index (χ0v) is 14.7. The summed E-state index contributed by atoms with van der Waals surface area (Å²) in [5, 5.41) is 20.1. The molecule has 0 bridgehead atoms. The summed E-state index contributed by atoms with van der Waals surface area (Å²) in [4.78, 5) is 13.7. The van der Waals surface area contributed by atoms with E-state index in [2.05, 4.69) is 0 Å². The van der Waals surface area contributed by atoms with Crippen molar-refractivity contribution >= 4 is 6.09 Å². The Bertz CT molecular complexity index is 357. The van der Waals surface area contributed by atoms with Gasteiger partial charge in [-0.05, 0) is 33.6 Å². The van der Waals surface area contributed by atoms with Gasteiger partial charge in [-0.3, -0.25) is 0 Å². The monoisotopic (exact) mass is 333 g/mol. The smallest absolute Gasteiger partial charge is 0.410 e. The van der Waals surface area contributed by atoms with Gasteiger partial charge in [-0.1, -0.05) is 0 Å². The van der Waals surface area contributed by atoms with E-state index in [-0.39, 0.29) is 18.6 Å². The molecule has 2 N–H and O–H groups in total. The van der Waals surface area contributed by atoms with Crippen molar-refractivity contribution in [3.8, 4) is 0 Å². The molecule has 1 amide bonds. The van der Waals surface area contributed by atoms with Crippen molar-refractivity contribution in [2.45, 2.75) is 51.4 Å². The molecule has 23 heavy (non-hydrogen) atoms. The highest BCUT2D eigenvalue weighted by atomic mass is 16.6. The molecule has 0 saturated carbocycles. The largest absolute Gasteiger partial charge is 0.444 e. The van der Waals surface area contributed by atoms with E-state index in [1.165, 1.54) is 0 Å². The van der Waals surface area contributed by atoms with E-state index in [4.69, 9.17) is 14.2 Å². The zero-order valence-electron chi connectivity index (χ0n) is 14.7. The molecule has 7 heteroatoms. The van der Waals surface area contributed by atoms with Crippen LogP contribution < -0.4 is 0 Å². The SMILES string of the molecule is COCCOCC(O)CC1CN(C(=O)OC(C)(C)C)CCC1O. The first kappa shape index (κ1) is 20.2. The van der Waals surface area contributed by atoms with Gasteiger partial charge in [-0.2, -0.15) is 0 Å². The lowest BCUT2D eigenvalue weighted by Crippen LogP contribution is -2.48. The quantitative estimate of drug-likeness (QED) is 0.676. The van der Waals surface area contributed by atoms with E-state index in [0.717, 1.165) is 0 Å². The Kier molecular flexibility index (Phi) is 8.25. The second kappa shape index (κ2) is 9.42. The summed E-state index contributed by atoms with van der Waals surface area (Å²) >= 11 is 0. The summed E-state index contributed by atoms with van der Waals surface area (Å²) < 4.78 is 15.5. The van der Waals surface area contributed by atoms with Crippen molar-refractivity contribution in [1.29, 1.82) is 0 Å². The lowest BCUT2D eigenvalue weighted by Gasteiger charge is -2.37. The fraction of sp³-hybridized carbons (Fsp3) is 0.938. The van der Waals surface area contributed by atoms with Crippen LogP contribution in [0.5, 0.6) is 0 Å². The Balaban J connectivity index is 2.43. The van der Waals surface area contributed by atoms with E-state index < -0.39 is 17.8 Å². The van der Waals surface area contributed by atoms with E-state index in [0.29, 0.717) is 39.1 Å². The molecule has 0 spiro atoms. The third-order valence-corrected chi connectivity index (χ3v) is 3.66. The average Bonchev–Trinajstić information content (AvgIpc) is 2.44. The standard InChI is InChI=1S/C16H31NO6/c1-16(2,3)23-15(20)17-6-5-14(19)12(10-17)9-13(18)11-22-8-7-21-4/h12-14,18-19H,5-11H2,1-4H3. The summed E-state index contributed by atoms with van der Waals surface area (Å²) in [6.45, 7) is 7.40. The molecular formula is C16H31NO6. The minimum atomic E-state index is -0.676. The van der Waals surface area contributed by atoms with Crippen LogP contribution in [0.1, 0.15) is 33.6 Å². The maximum absolute atomic E-state index is 12.1. The highest BCUT2D eigenvalue weighted by Gasteiger charge is 2.33. The fourth-order valence-corrected chi connectivity index (χ4v) is 2.52. The summed E-state index contributed by atoms with van der Waals surface area (Å²) in [6, 6.07) is 0. The first-order valence-electron chi connectivity index (χ1n) is 8.13. The molecule has 3 atom stereocenters. The summed E-state index contributed by atoms with van der Waals surface area (Å²) in [7, 11) is 1.59. The van der Waals surface area contributed by atoms with Gasteiger partial charge < -0.3 is 29.3 Å². The Morgan fingerprint density at radius 3 is 2.65 bits per heavy atom. The van der Waals surface area contributed by atoms with Gasteiger partial charge in [0.2, 0.25) is 0 Å². The molecule has 1 saturated heterocycles. The predicted octanol–water partition coefficient (Wildman–Crippen LogP) is 1.02. The van der Waals surface area contributed by atoms with Crippen LogP contribution in [0, 0.1) is 5.92 Å². The molecule has 7 nitrogen and oxygen atoms in total. The third kappa shape index (κ3) is 7.97. The van der Waals surface area contributed by atoms with Crippen LogP contribution in [0.15, 0.2) is 0 Å². The van der Waals surface area contributed by atoms with Crippen molar-refractivity contribution in [2.24, 2.45) is 5.92 Å². The number of piperidine rings is 1. The molecule has 1 fully saturated rings. The summed E-state index contributed by atoms with van der Waals surface area (Å²) in [5.74, 6) is -0.183. The lowest BCUT2D eigenvalue weighted by molar-refractivity contribution is -0.0359. The predicted molar refractivity (Wildman–Crippen MR) is 85.2 cm³/mol. The average molecular weight is 333 g/mol. The number of aliphatic hydroxyl groups excluding tert-OH is 2. The number of methoxy groups -OCH3 is 1. The number of nitrogens with zero attached hydrogens (tertiary/aromatic N) is 1. The number of likely N-dealkylation sites (tertiary alicyclic amines) is 1. The molecule has 136 valence electrons. The third-order valence-electron chi connectivity index (χ3n) is 3.66. The van der Waals surface area contributed by atoms with Crippen LogP contribution in [-0.4, -0.2) is 79.0 Å². The molecule has 3 unspecified atom stereocenters. The molecule has 0 aromatic carbocycles. The number of carbonyl (C=O) groups is 1. The van der Waals surface area contributed by atoms with Crippen LogP contribution >= 0.6 is 0 Å². The lowest BCUT2D eigenvalue weighted by atomic mass is 9.90. The minimum absolute atomic E-state index is 0.183. The molecule has 1 aliphatic rings. The highest BCUT2D eigenvalue weighted by Crippen LogP contribution is 2.23. The highest BCUT2D eigenvalue weighted by molar-refractivity contribution is 5.68. The maximum atomic E-state index is 12.1. The van der Waals surface area contributed by atoms with Gasteiger partial charge >= 0.3 is 6.09 Å². The van der Waals surface area contributed by atoms with Crippen LogP contribution in [0.3, 0.4) is 0 Å². The number of rotatable bonds is 7. The first-order valence-corrected chi connectivity index (χ1v) is 8.13. The zero-order chi connectivity index (χ0) is 17.5. The Labute approximate surface area is 138 Å². The number of aliphatic hydroxyl groups is 2. The second-order valence-electron chi connectivity index (χ2n) is 7.00. The van der Waals surface area contributed by atoms with Crippen molar-refractivity contribution in [3.05, 3.63) is 0 Å². The first-order chi connectivity index (χ1) is 10.7. The van der Waals surface area contributed by atoms with Gasteiger partial charge in [-0.25, -0.2) is 4.79 Å². The van der Waals surface area contributed by atoms with Crippen LogP contribution in [0.2, 0.25) is 0 Å². The molecule has 1 aliphatic heterocycles. The molecule has 0 aliphatic carbocycles. The van der Waals surface area contributed by atoms with Crippen molar-refractivity contribution < 1.29 is 29.2 Å². The van der Waals surface area contributed by atoms with Gasteiger partial charge in [0.1, 0.15) is 5.60 Å². The van der Waals surface area contributed by atoms with Gasteiger partial charge in [0.15, 0.2) is 0 Å². The summed E-state index contributed by atoms with van der Waals surface area (Å²) in [5.41, 5.74) is -0.544. The summed E-state index contributed by atoms with van der Waals surface area (Å²) in [6.07, 6.45) is -0.707. The Morgan fingerprint density at radius 1 is 1.35 bits per heavy atom. The van der Waals surface area contributed by atoms with E-state index in [1.807, 2.05) is 20.8 Å². The topological polar surface area (TPSA) is 88.5 Å². The molecule has 1 rings (SSSR count). The van der Waals surface area contributed by atoms with Crippen LogP contribution in [0.4, 0.5) is 4.79 Å². The molecule has 1 heterocycles. The molecule has 0 radical (unpaired) electrons. The molecule has 0 aromatic heterocycles. The van der Waals surface area contributed by atoms with Crippen LogP contribution in [-0.2, 0) is 14.2 Å². The van der Waals surface area contributed by atoms with E-state index >= 15 is 0 Å². The molecule has 0 aromatic rings. The number of hydrogen-bond acceptors (Lipinski definition) is 6. The van der Waals surface area contributed by atoms with Crippen molar-refractivity contribution in [2.75, 3.05) is 40.0 Å². The number of carbonyl (C=O) groups excluding carboxylic acids is 1. The maximum Gasteiger partial charge on any atom is 0.410 e. The normalized spacial score (nSPS) is 23.7. The Hall–Kier alpha value is -0.890. The van der Waals surface area contributed by atoms with Gasteiger partial charge in [0, 0.05) is 26.1 Å². The van der Waals surface area contributed by atoms with Gasteiger partial charge in [0.05, 0.1) is 32.0 Å². The van der Waals surface area contributed by atoms with Gasteiger partial charge in [-0.15, -0.1) is 0 Å². The fourth-order valence-electron chi connectivity index (χ4n) is 2.52. The van der Waals surface area contributed by atoms with Crippen molar-refractivity contribution in [1.82, 2.24) is 4.90 Å². The van der Waals surface area contributed by atoms with E-state index in [1.54, 1.807) is 12.0 Å². The second-order valence-corrected chi connectivity index (χ2v) is 7.00. The van der Waals surface area contributed by atoms with Crippen LogP contribution in [0.25, 0.3) is 0 Å². The molecular weight excluding hydrogens is 302 g/mol. The Morgan fingerprint density at radius 2 is 2.04 bits per heavy atom. The minimum Gasteiger partial charge on any atom is -0.444 e. The number of ether oxygens (including phenoxy) is 3. The number of hydrogen-bond donors (Lipinski definition) is 2.